The van der Waals surface area contributed by atoms with Crippen molar-refractivity contribution in [2.75, 3.05) is 19.7 Å². The highest BCUT2D eigenvalue weighted by Crippen LogP contribution is 2.21. The van der Waals surface area contributed by atoms with Crippen LogP contribution in [-0.2, 0) is 9.59 Å². The van der Waals surface area contributed by atoms with Crippen molar-refractivity contribution in [3.63, 3.8) is 0 Å². The Morgan fingerprint density at radius 2 is 2.23 bits per heavy atom. The number of carboxylic acid groups (broad SMARTS) is 1. The average molecular weight is 305 g/mol. The van der Waals surface area contributed by atoms with Crippen LogP contribution in [0.3, 0.4) is 0 Å². The molecule has 1 atom stereocenters. The normalized spacial score (nSPS) is 18.0. The van der Waals surface area contributed by atoms with Crippen LogP contribution < -0.4 is 4.74 Å². The molecule has 1 aliphatic rings. The zero-order chi connectivity index (χ0) is 15.9. The van der Waals surface area contributed by atoms with Crippen molar-refractivity contribution in [3.8, 4) is 5.75 Å². The van der Waals surface area contributed by atoms with Crippen LogP contribution in [-0.4, -0.2) is 41.6 Å². The molecule has 1 saturated heterocycles. The number of aliphatic carboxylic acids is 1. The van der Waals surface area contributed by atoms with Gasteiger partial charge in [-0.3, -0.25) is 9.59 Å². The van der Waals surface area contributed by atoms with Crippen molar-refractivity contribution in [1.82, 2.24) is 4.90 Å². The molecule has 1 fully saturated rings. The van der Waals surface area contributed by atoms with Crippen LogP contribution in [0, 0.1) is 12.8 Å². The number of nitrogens with zero attached hydrogens (tertiary/aromatic N) is 1. The van der Waals surface area contributed by atoms with Gasteiger partial charge in [0.15, 0.2) is 6.61 Å². The molecule has 22 heavy (non-hydrogen) atoms. The lowest BCUT2D eigenvalue weighted by Gasteiger charge is -2.32. The maximum Gasteiger partial charge on any atom is 0.303 e. The lowest BCUT2D eigenvalue weighted by atomic mass is 9.93. The number of likely N-dealkylation sites (tertiary alicyclic amines) is 1. The molecular weight excluding hydrogens is 282 g/mol. The van der Waals surface area contributed by atoms with E-state index in [-0.39, 0.29) is 24.9 Å². The number of rotatable bonds is 6. The Morgan fingerprint density at radius 3 is 2.95 bits per heavy atom. The highest BCUT2D eigenvalue weighted by Gasteiger charge is 2.24. The van der Waals surface area contributed by atoms with Gasteiger partial charge < -0.3 is 14.7 Å². The lowest BCUT2D eigenvalue weighted by Crippen LogP contribution is -2.42. The van der Waals surface area contributed by atoms with Gasteiger partial charge in [0.05, 0.1) is 0 Å². The number of carbonyl (C=O) groups excluding carboxylic acids is 1. The summed E-state index contributed by atoms with van der Waals surface area (Å²) in [5.41, 5.74) is 1.09. The maximum absolute atomic E-state index is 12.2. The number of carboxylic acids is 1. The molecule has 0 radical (unpaired) electrons. The Bertz CT molecular complexity index is 529. The smallest absolute Gasteiger partial charge is 0.303 e. The number of hydrogen-bond donors (Lipinski definition) is 1. The number of aryl methyl sites for hydroxylation is 1. The fourth-order valence-corrected chi connectivity index (χ4v) is 2.80. The zero-order valence-electron chi connectivity index (χ0n) is 13.0. The van der Waals surface area contributed by atoms with Gasteiger partial charge in [-0.2, -0.15) is 0 Å². The first-order chi connectivity index (χ1) is 10.5. The van der Waals surface area contributed by atoms with Gasteiger partial charge in [-0.05, 0) is 49.8 Å². The molecule has 0 aliphatic carbocycles. The minimum absolute atomic E-state index is 0.0264. The Labute approximate surface area is 130 Å². The molecule has 5 nitrogen and oxygen atoms in total. The second-order valence-electron chi connectivity index (χ2n) is 5.89. The molecular formula is C17H23NO4. The van der Waals surface area contributed by atoms with E-state index in [0.717, 1.165) is 24.9 Å². The van der Waals surface area contributed by atoms with Crippen molar-refractivity contribution in [2.45, 2.75) is 32.6 Å². The first-order valence-corrected chi connectivity index (χ1v) is 7.73. The molecule has 1 heterocycles. The van der Waals surface area contributed by atoms with E-state index in [0.29, 0.717) is 18.7 Å². The van der Waals surface area contributed by atoms with E-state index in [4.69, 9.17) is 9.84 Å². The quantitative estimate of drug-likeness (QED) is 0.877. The molecule has 2 rings (SSSR count). The minimum Gasteiger partial charge on any atom is -0.484 e. The van der Waals surface area contributed by atoms with E-state index < -0.39 is 5.97 Å². The maximum atomic E-state index is 12.2. The Kier molecular flexibility index (Phi) is 5.81. The lowest BCUT2D eigenvalue weighted by molar-refractivity contribution is -0.137. The van der Waals surface area contributed by atoms with Gasteiger partial charge in [0.1, 0.15) is 5.75 Å². The topological polar surface area (TPSA) is 66.8 Å². The average Bonchev–Trinajstić information content (AvgIpc) is 2.51. The monoisotopic (exact) mass is 305 g/mol. The van der Waals surface area contributed by atoms with Crippen LogP contribution in [0.2, 0.25) is 0 Å². The van der Waals surface area contributed by atoms with Crippen LogP contribution in [0.5, 0.6) is 5.75 Å². The SMILES string of the molecule is Cc1cccc(OCC(=O)N2CCC[C@H](CCC(=O)O)C2)c1. The summed E-state index contributed by atoms with van der Waals surface area (Å²) in [6.45, 7) is 3.39. The number of hydrogen-bond acceptors (Lipinski definition) is 3. The molecule has 0 aromatic heterocycles. The molecule has 5 heteroatoms. The van der Waals surface area contributed by atoms with E-state index in [9.17, 15) is 9.59 Å². The predicted octanol–water partition coefficient (Wildman–Crippen LogP) is 2.48. The third-order valence-electron chi connectivity index (χ3n) is 3.99. The molecule has 1 N–H and O–H groups in total. The summed E-state index contributed by atoms with van der Waals surface area (Å²) in [7, 11) is 0. The summed E-state index contributed by atoms with van der Waals surface area (Å²) in [4.78, 5) is 24.7. The molecule has 0 spiro atoms. The first-order valence-electron chi connectivity index (χ1n) is 7.73. The van der Waals surface area contributed by atoms with Crippen molar-refractivity contribution >= 4 is 11.9 Å². The minimum atomic E-state index is -0.772. The fourth-order valence-electron chi connectivity index (χ4n) is 2.80. The molecule has 0 bridgehead atoms. The summed E-state index contributed by atoms with van der Waals surface area (Å²) in [5, 5.41) is 8.75. The number of carbonyl (C=O) groups is 2. The number of piperidine rings is 1. The summed E-state index contributed by atoms with van der Waals surface area (Å²) < 4.78 is 5.55. The van der Waals surface area contributed by atoms with E-state index in [1.807, 2.05) is 31.2 Å². The van der Waals surface area contributed by atoms with Gasteiger partial charge in [0.2, 0.25) is 0 Å². The second-order valence-corrected chi connectivity index (χ2v) is 5.89. The van der Waals surface area contributed by atoms with Gasteiger partial charge in [0.25, 0.3) is 5.91 Å². The fraction of sp³-hybridized carbons (Fsp3) is 0.529. The Hall–Kier alpha value is -2.04. The van der Waals surface area contributed by atoms with Crippen LogP contribution in [0.4, 0.5) is 0 Å². The standard InChI is InChI=1S/C17H23NO4/c1-13-4-2-6-15(10-13)22-12-16(19)18-9-3-5-14(11-18)7-8-17(20)21/h2,4,6,10,14H,3,5,7-9,11-12H2,1H3,(H,20,21)/t14-/m1/s1. The van der Waals surface area contributed by atoms with Crippen molar-refractivity contribution in [3.05, 3.63) is 29.8 Å². The van der Waals surface area contributed by atoms with Crippen molar-refractivity contribution < 1.29 is 19.4 Å². The van der Waals surface area contributed by atoms with Gasteiger partial charge in [-0.15, -0.1) is 0 Å². The summed E-state index contributed by atoms with van der Waals surface area (Å²) >= 11 is 0. The molecule has 1 amide bonds. The van der Waals surface area contributed by atoms with E-state index in [2.05, 4.69) is 0 Å². The second kappa shape index (κ2) is 7.82. The van der Waals surface area contributed by atoms with Gasteiger partial charge in [0, 0.05) is 19.5 Å². The van der Waals surface area contributed by atoms with Gasteiger partial charge in [-0.1, -0.05) is 12.1 Å². The number of ether oxygens (including phenoxy) is 1. The van der Waals surface area contributed by atoms with Crippen molar-refractivity contribution in [1.29, 1.82) is 0 Å². The molecule has 120 valence electrons. The Balaban J connectivity index is 1.80. The van der Waals surface area contributed by atoms with Crippen LogP contribution >= 0.6 is 0 Å². The summed E-state index contributed by atoms with van der Waals surface area (Å²) in [6, 6.07) is 7.62. The largest absolute Gasteiger partial charge is 0.484 e. The van der Waals surface area contributed by atoms with Gasteiger partial charge >= 0.3 is 5.97 Å². The molecule has 1 aromatic carbocycles. The third kappa shape index (κ3) is 5.06. The van der Waals surface area contributed by atoms with Crippen LogP contribution in [0.15, 0.2) is 24.3 Å². The van der Waals surface area contributed by atoms with Crippen LogP contribution in [0.25, 0.3) is 0 Å². The predicted molar refractivity (Wildman–Crippen MR) is 82.8 cm³/mol. The zero-order valence-corrected chi connectivity index (χ0v) is 13.0. The summed E-state index contributed by atoms with van der Waals surface area (Å²) in [5.74, 6) is 0.188. The highest BCUT2D eigenvalue weighted by atomic mass is 16.5. The first kappa shape index (κ1) is 16.3. The Morgan fingerprint density at radius 1 is 1.41 bits per heavy atom. The highest BCUT2D eigenvalue weighted by molar-refractivity contribution is 5.77. The van der Waals surface area contributed by atoms with Gasteiger partial charge in [-0.25, -0.2) is 0 Å². The molecule has 0 saturated carbocycles. The van der Waals surface area contributed by atoms with E-state index in [1.54, 1.807) is 4.90 Å². The van der Waals surface area contributed by atoms with E-state index >= 15 is 0 Å². The molecule has 1 aromatic rings. The van der Waals surface area contributed by atoms with Crippen LogP contribution in [0.1, 0.15) is 31.2 Å². The molecule has 1 aliphatic heterocycles. The molecule has 0 unspecified atom stereocenters. The third-order valence-corrected chi connectivity index (χ3v) is 3.99. The van der Waals surface area contributed by atoms with Crippen molar-refractivity contribution in [2.24, 2.45) is 5.92 Å². The summed E-state index contributed by atoms with van der Waals surface area (Å²) in [6.07, 6.45) is 2.74. The number of benzene rings is 1. The number of amides is 1. The van der Waals surface area contributed by atoms with E-state index in [1.165, 1.54) is 0 Å².